The molecule has 0 unspecified atom stereocenters. The topological polar surface area (TPSA) is 205 Å². The summed E-state index contributed by atoms with van der Waals surface area (Å²) in [7, 11) is 0. The molecule has 0 spiro atoms. The largest absolute Gasteiger partial charge is 0.461 e. The highest BCUT2D eigenvalue weighted by Crippen LogP contribution is 2.34. The van der Waals surface area contributed by atoms with Crippen LogP contribution in [0.1, 0.15) is 57.9 Å². The van der Waals surface area contributed by atoms with Gasteiger partial charge in [0.15, 0.2) is 11.5 Å². The third-order valence-electron chi connectivity index (χ3n) is 11.3. The molecule has 4 saturated heterocycles. The van der Waals surface area contributed by atoms with Crippen molar-refractivity contribution in [3.8, 4) is 11.5 Å². The quantitative estimate of drug-likeness (QED) is 0.310. The first-order valence-electron chi connectivity index (χ1n) is 19.9. The number of hydrogen-bond acceptors (Lipinski definition) is 10. The van der Waals surface area contributed by atoms with Crippen molar-refractivity contribution in [1.82, 2.24) is 30.7 Å². The van der Waals surface area contributed by atoms with E-state index in [1.54, 1.807) is 6.07 Å². The number of rotatable bonds is 6. The molecule has 316 valence electrons. The van der Waals surface area contributed by atoms with Gasteiger partial charge in [0.25, 0.3) is 0 Å². The number of cyclic esters (lactones) is 1. The molecule has 5 aliphatic heterocycles. The minimum atomic E-state index is -1.61. The SMILES string of the molecule is C[C@@H]1C[C@H]2C(=O)OC[C@H](NC(=O)[C@H](Cc3cc(F)cc(F)c3)NC(=O)Nc3ccc4c(c3)OCO4)C(=O)N3CCC[C@H]3C(=O)N3CCCC[C@H]3C(=O)N[C@@H](C)C(=O)N2C1. The number of hydrogen-bond donors (Lipinski definition) is 4. The molecule has 2 aromatic rings. The van der Waals surface area contributed by atoms with Crippen LogP contribution in [0, 0.1) is 17.6 Å². The molecule has 2 aromatic carbocycles. The number of nitrogens with zero attached hydrogens (tertiary/aromatic N) is 3. The van der Waals surface area contributed by atoms with Crippen LogP contribution in [0.5, 0.6) is 11.5 Å². The molecular formula is C40H47F2N7O10. The summed E-state index contributed by atoms with van der Waals surface area (Å²) in [5.41, 5.74) is 0.269. The van der Waals surface area contributed by atoms with E-state index in [4.69, 9.17) is 14.2 Å². The maximum absolute atomic E-state index is 14.5. The molecule has 0 aromatic heterocycles. The van der Waals surface area contributed by atoms with Crippen molar-refractivity contribution >= 4 is 47.2 Å². The predicted molar refractivity (Wildman–Crippen MR) is 202 cm³/mol. The van der Waals surface area contributed by atoms with Gasteiger partial charge in [-0.05, 0) is 81.2 Å². The zero-order valence-electron chi connectivity index (χ0n) is 32.7. The number of benzene rings is 2. The van der Waals surface area contributed by atoms with Crippen LogP contribution in [-0.2, 0) is 39.9 Å². The molecule has 7 amide bonds. The van der Waals surface area contributed by atoms with Crippen LogP contribution < -0.4 is 30.7 Å². The number of esters is 1. The molecule has 0 saturated carbocycles. The van der Waals surface area contributed by atoms with Gasteiger partial charge in [-0.3, -0.25) is 24.0 Å². The number of anilines is 1. The Kier molecular flexibility index (Phi) is 12.2. The average Bonchev–Trinajstić information content (AvgIpc) is 3.97. The molecule has 5 heterocycles. The first-order chi connectivity index (χ1) is 28.2. The number of carbonyl (C=O) groups is 7. The maximum atomic E-state index is 14.5. The monoisotopic (exact) mass is 823 g/mol. The van der Waals surface area contributed by atoms with Gasteiger partial charge in [-0.15, -0.1) is 0 Å². The molecule has 19 heteroatoms. The first-order valence-corrected chi connectivity index (χ1v) is 19.9. The highest BCUT2D eigenvalue weighted by atomic mass is 19.1. The van der Waals surface area contributed by atoms with Crippen molar-refractivity contribution in [1.29, 1.82) is 0 Å². The van der Waals surface area contributed by atoms with Crippen molar-refractivity contribution in [3.63, 3.8) is 0 Å². The minimum absolute atomic E-state index is 0.00133. The van der Waals surface area contributed by atoms with Crippen LogP contribution in [0.4, 0.5) is 19.3 Å². The molecule has 7 atom stereocenters. The summed E-state index contributed by atoms with van der Waals surface area (Å²) in [6.07, 6.45) is 2.11. The number of nitrogens with one attached hydrogen (secondary N) is 4. The third-order valence-corrected chi connectivity index (χ3v) is 11.3. The maximum Gasteiger partial charge on any atom is 0.328 e. The molecule has 5 aliphatic rings. The molecule has 0 aliphatic carbocycles. The van der Waals surface area contributed by atoms with Gasteiger partial charge < -0.3 is 50.2 Å². The molecule has 17 nitrogen and oxygen atoms in total. The zero-order chi connectivity index (χ0) is 42.0. The van der Waals surface area contributed by atoms with E-state index in [-0.39, 0.29) is 56.4 Å². The summed E-state index contributed by atoms with van der Waals surface area (Å²) >= 11 is 0. The summed E-state index contributed by atoms with van der Waals surface area (Å²) < 4.78 is 45.0. The Morgan fingerprint density at radius 1 is 0.814 bits per heavy atom. The first kappa shape index (κ1) is 41.2. The second kappa shape index (κ2) is 17.5. The number of piperidine rings is 1. The van der Waals surface area contributed by atoms with Crippen molar-refractivity contribution in [3.05, 3.63) is 53.6 Å². The second-order valence-electron chi connectivity index (χ2n) is 15.7. The molecular weight excluding hydrogens is 776 g/mol. The average molecular weight is 824 g/mol. The second-order valence-corrected chi connectivity index (χ2v) is 15.7. The van der Waals surface area contributed by atoms with E-state index in [2.05, 4.69) is 21.3 Å². The Bertz CT molecular complexity index is 2000. The Hall–Kier alpha value is -6.01. The number of carbonyl (C=O) groups excluding carboxylic acids is 7. The lowest BCUT2D eigenvalue weighted by molar-refractivity contribution is -0.158. The lowest BCUT2D eigenvalue weighted by Crippen LogP contribution is -2.62. The Morgan fingerprint density at radius 3 is 2.31 bits per heavy atom. The molecule has 59 heavy (non-hydrogen) atoms. The highest BCUT2D eigenvalue weighted by Gasteiger charge is 2.46. The number of ether oxygens (including phenoxy) is 3. The summed E-state index contributed by atoms with van der Waals surface area (Å²) in [6.45, 7) is 3.21. The normalized spacial score (nSPS) is 26.6. The van der Waals surface area contributed by atoms with Crippen molar-refractivity contribution in [2.24, 2.45) is 5.92 Å². The van der Waals surface area contributed by atoms with E-state index < -0.39 is 102 Å². The van der Waals surface area contributed by atoms with Gasteiger partial charge in [0.2, 0.25) is 36.3 Å². The number of amides is 7. The zero-order valence-corrected chi connectivity index (χ0v) is 32.7. The lowest BCUT2D eigenvalue weighted by atomic mass is 9.99. The van der Waals surface area contributed by atoms with Gasteiger partial charge in [-0.1, -0.05) is 6.92 Å². The van der Waals surface area contributed by atoms with E-state index in [9.17, 15) is 42.3 Å². The van der Waals surface area contributed by atoms with E-state index >= 15 is 0 Å². The minimum Gasteiger partial charge on any atom is -0.461 e. The molecule has 7 rings (SSSR count). The fourth-order valence-electron chi connectivity index (χ4n) is 8.46. The Labute approximate surface area is 338 Å². The predicted octanol–water partition coefficient (Wildman–Crippen LogP) is 1.58. The standard InChI is InChI=1S/C40H47F2N7O10/c1-21-12-31-39(55)57-19-28(37(53)48-11-5-7-30(48)38(54)47-10-4-3-6-29(47)35(51)43-22(2)36(52)49(31)18-21)45-34(50)27(15-23-13-24(41)16-25(42)14-23)46-40(56)44-26-8-9-32-33(17-26)59-20-58-32/h8-9,13-14,16-17,21-22,27-31H,3-7,10-12,15,18-20H2,1-2H3,(H,43,51)(H,45,50)(H2,44,46,56)/t21-,22+,27+,28+,29+,30+,31+/m1/s1. The van der Waals surface area contributed by atoms with Crippen molar-refractivity contribution < 1.29 is 56.6 Å². The van der Waals surface area contributed by atoms with Gasteiger partial charge in [0.05, 0.1) is 0 Å². The molecule has 0 bridgehead atoms. The van der Waals surface area contributed by atoms with E-state index in [0.29, 0.717) is 43.2 Å². The highest BCUT2D eigenvalue weighted by molar-refractivity contribution is 5.98. The summed E-state index contributed by atoms with van der Waals surface area (Å²) in [5.74, 6) is -5.23. The number of halogens is 2. The van der Waals surface area contributed by atoms with Crippen molar-refractivity contribution in [2.45, 2.75) is 95.0 Å². The van der Waals surface area contributed by atoms with Gasteiger partial charge in [0, 0.05) is 43.9 Å². The van der Waals surface area contributed by atoms with Crippen LogP contribution >= 0.6 is 0 Å². The fourth-order valence-corrected chi connectivity index (χ4v) is 8.46. The Balaban J connectivity index is 1.18. The van der Waals surface area contributed by atoms with Crippen LogP contribution in [0.15, 0.2) is 36.4 Å². The molecule has 4 N–H and O–H groups in total. The fraction of sp³-hybridized carbons (Fsp3) is 0.525. The van der Waals surface area contributed by atoms with Gasteiger partial charge in [-0.25, -0.2) is 18.4 Å². The lowest BCUT2D eigenvalue weighted by Gasteiger charge is -2.39. The van der Waals surface area contributed by atoms with Crippen LogP contribution in [0.3, 0.4) is 0 Å². The molecule has 0 radical (unpaired) electrons. The van der Waals surface area contributed by atoms with Crippen LogP contribution in [-0.4, -0.2) is 126 Å². The summed E-state index contributed by atoms with van der Waals surface area (Å²) in [5, 5.41) is 10.4. The van der Waals surface area contributed by atoms with E-state index in [1.807, 2.05) is 6.92 Å². The number of fused-ring (bicyclic) bond motifs is 4. The van der Waals surface area contributed by atoms with Crippen molar-refractivity contribution in [2.75, 3.05) is 38.4 Å². The van der Waals surface area contributed by atoms with Gasteiger partial charge in [0.1, 0.15) is 54.5 Å². The summed E-state index contributed by atoms with van der Waals surface area (Å²) in [4.78, 5) is 102. The third kappa shape index (κ3) is 9.18. The van der Waals surface area contributed by atoms with Gasteiger partial charge >= 0.3 is 12.0 Å². The van der Waals surface area contributed by atoms with E-state index in [0.717, 1.165) is 12.1 Å². The Morgan fingerprint density at radius 2 is 1.53 bits per heavy atom. The molecule has 4 fully saturated rings. The van der Waals surface area contributed by atoms with Crippen LogP contribution in [0.25, 0.3) is 0 Å². The van der Waals surface area contributed by atoms with Crippen LogP contribution in [0.2, 0.25) is 0 Å². The summed E-state index contributed by atoms with van der Waals surface area (Å²) in [6, 6.07) is -0.813. The smallest absolute Gasteiger partial charge is 0.328 e. The van der Waals surface area contributed by atoms with E-state index in [1.165, 1.54) is 33.8 Å². The number of urea groups is 1. The van der Waals surface area contributed by atoms with Gasteiger partial charge in [-0.2, -0.15) is 0 Å².